The van der Waals surface area contributed by atoms with Crippen LogP contribution in [0.1, 0.15) is 20.3 Å². The summed E-state index contributed by atoms with van der Waals surface area (Å²) in [6.07, 6.45) is 0.835. The molecule has 1 aliphatic heterocycles. The second-order valence-corrected chi connectivity index (χ2v) is 3.86. The van der Waals surface area contributed by atoms with Gasteiger partial charge in [0.25, 0.3) is 5.91 Å². The first-order valence-electron chi connectivity index (χ1n) is 4.18. The number of nitrogens with zero attached hydrogens (tertiary/aromatic N) is 1. The van der Waals surface area contributed by atoms with E-state index < -0.39 is 5.60 Å². The van der Waals surface area contributed by atoms with Crippen molar-refractivity contribution in [2.75, 3.05) is 13.1 Å². The number of hydrogen-bond acceptors (Lipinski definition) is 3. The van der Waals surface area contributed by atoms with Crippen LogP contribution in [0.2, 0.25) is 0 Å². The summed E-state index contributed by atoms with van der Waals surface area (Å²) in [7, 11) is 0. The van der Waals surface area contributed by atoms with E-state index >= 15 is 0 Å². The zero-order chi connectivity index (χ0) is 9.35. The molecule has 4 heteroatoms. The van der Waals surface area contributed by atoms with E-state index in [1.165, 1.54) is 13.8 Å². The van der Waals surface area contributed by atoms with Crippen molar-refractivity contribution in [3.05, 3.63) is 0 Å². The van der Waals surface area contributed by atoms with Gasteiger partial charge in [-0.2, -0.15) is 0 Å². The highest BCUT2D eigenvalue weighted by atomic mass is 16.3. The van der Waals surface area contributed by atoms with Crippen LogP contribution in [0.15, 0.2) is 0 Å². The first-order valence-corrected chi connectivity index (χ1v) is 4.18. The Morgan fingerprint density at radius 2 is 2.25 bits per heavy atom. The largest absolute Gasteiger partial charge is 0.381 e. The molecular formula is C8H16N2O2. The zero-order valence-electron chi connectivity index (χ0n) is 7.58. The second-order valence-electron chi connectivity index (χ2n) is 3.86. The molecule has 1 fully saturated rings. The zero-order valence-corrected chi connectivity index (χ0v) is 7.58. The molecule has 1 amide bonds. The van der Waals surface area contributed by atoms with Gasteiger partial charge in [-0.3, -0.25) is 4.79 Å². The topological polar surface area (TPSA) is 66.6 Å². The molecule has 0 spiro atoms. The summed E-state index contributed by atoms with van der Waals surface area (Å²) in [6.45, 7) is 4.24. The van der Waals surface area contributed by atoms with E-state index in [9.17, 15) is 9.90 Å². The van der Waals surface area contributed by atoms with E-state index in [1.54, 1.807) is 4.90 Å². The predicted octanol–water partition coefficient (Wildman–Crippen LogP) is -0.683. The van der Waals surface area contributed by atoms with Crippen molar-refractivity contribution in [3.8, 4) is 0 Å². The molecule has 1 atom stereocenters. The maximum absolute atomic E-state index is 11.4. The predicted molar refractivity (Wildman–Crippen MR) is 45.5 cm³/mol. The van der Waals surface area contributed by atoms with Gasteiger partial charge in [0.1, 0.15) is 5.60 Å². The van der Waals surface area contributed by atoms with Gasteiger partial charge >= 0.3 is 0 Å². The summed E-state index contributed by atoms with van der Waals surface area (Å²) >= 11 is 0. The Bertz CT molecular complexity index is 186. The highest BCUT2D eigenvalue weighted by molar-refractivity contribution is 5.84. The number of likely N-dealkylation sites (tertiary alicyclic amines) is 1. The lowest BCUT2D eigenvalue weighted by atomic mass is 10.1. The lowest BCUT2D eigenvalue weighted by Gasteiger charge is -2.24. The molecule has 0 aromatic carbocycles. The van der Waals surface area contributed by atoms with E-state index in [-0.39, 0.29) is 11.9 Å². The smallest absolute Gasteiger partial charge is 0.254 e. The Labute approximate surface area is 72.3 Å². The fourth-order valence-corrected chi connectivity index (χ4v) is 1.36. The third kappa shape index (κ3) is 1.95. The second kappa shape index (κ2) is 3.03. The van der Waals surface area contributed by atoms with E-state index in [0.29, 0.717) is 13.1 Å². The van der Waals surface area contributed by atoms with Crippen molar-refractivity contribution in [2.45, 2.75) is 31.9 Å². The summed E-state index contributed by atoms with van der Waals surface area (Å²) in [5.74, 6) is -0.226. The molecular weight excluding hydrogens is 156 g/mol. The Kier molecular flexibility index (Phi) is 2.39. The van der Waals surface area contributed by atoms with Crippen LogP contribution in [0, 0.1) is 0 Å². The molecule has 0 aliphatic carbocycles. The average molecular weight is 172 g/mol. The van der Waals surface area contributed by atoms with Crippen LogP contribution in [-0.2, 0) is 4.79 Å². The molecule has 1 saturated heterocycles. The van der Waals surface area contributed by atoms with Crippen LogP contribution in [0.4, 0.5) is 0 Å². The summed E-state index contributed by atoms with van der Waals surface area (Å²) in [5, 5.41) is 9.40. The summed E-state index contributed by atoms with van der Waals surface area (Å²) in [5.41, 5.74) is 4.37. The van der Waals surface area contributed by atoms with Crippen molar-refractivity contribution in [1.82, 2.24) is 4.90 Å². The maximum atomic E-state index is 11.4. The highest BCUT2D eigenvalue weighted by Crippen LogP contribution is 2.13. The molecule has 4 nitrogen and oxygen atoms in total. The molecule has 0 aromatic rings. The molecule has 1 aliphatic rings. The number of aliphatic hydroxyl groups is 1. The van der Waals surface area contributed by atoms with Crippen LogP contribution in [-0.4, -0.2) is 40.6 Å². The monoisotopic (exact) mass is 172 g/mol. The van der Waals surface area contributed by atoms with Gasteiger partial charge in [-0.15, -0.1) is 0 Å². The van der Waals surface area contributed by atoms with Crippen molar-refractivity contribution in [1.29, 1.82) is 0 Å². The Morgan fingerprint density at radius 1 is 1.67 bits per heavy atom. The Hall–Kier alpha value is -0.610. The van der Waals surface area contributed by atoms with Crippen LogP contribution in [0.3, 0.4) is 0 Å². The van der Waals surface area contributed by atoms with Gasteiger partial charge in [0, 0.05) is 19.1 Å². The standard InChI is InChI=1S/C8H16N2O2/c1-8(2,12)7(11)10-4-3-6(9)5-10/h6,12H,3-5,9H2,1-2H3. The first kappa shape index (κ1) is 9.48. The maximum Gasteiger partial charge on any atom is 0.254 e. The minimum Gasteiger partial charge on any atom is -0.381 e. The van der Waals surface area contributed by atoms with E-state index in [4.69, 9.17) is 5.73 Å². The summed E-state index contributed by atoms with van der Waals surface area (Å²) in [4.78, 5) is 13.0. The molecule has 1 heterocycles. The first-order chi connectivity index (χ1) is 5.41. The molecule has 70 valence electrons. The number of rotatable bonds is 1. The van der Waals surface area contributed by atoms with Crippen molar-refractivity contribution >= 4 is 5.91 Å². The van der Waals surface area contributed by atoms with Gasteiger partial charge in [-0.05, 0) is 20.3 Å². The number of hydrogen-bond donors (Lipinski definition) is 2. The molecule has 1 rings (SSSR count). The fraction of sp³-hybridized carbons (Fsp3) is 0.875. The van der Waals surface area contributed by atoms with Crippen molar-refractivity contribution < 1.29 is 9.90 Å². The van der Waals surface area contributed by atoms with Gasteiger partial charge in [0.15, 0.2) is 0 Å². The molecule has 0 radical (unpaired) electrons. The number of amides is 1. The van der Waals surface area contributed by atoms with Gasteiger partial charge in [0.2, 0.25) is 0 Å². The van der Waals surface area contributed by atoms with Crippen molar-refractivity contribution in [2.24, 2.45) is 5.73 Å². The summed E-state index contributed by atoms with van der Waals surface area (Å²) in [6, 6.07) is 0.0799. The quantitative estimate of drug-likeness (QED) is 0.550. The normalized spacial score (nSPS) is 24.7. The van der Waals surface area contributed by atoms with E-state index in [2.05, 4.69) is 0 Å². The third-order valence-corrected chi connectivity index (χ3v) is 2.04. The SMILES string of the molecule is CC(C)(O)C(=O)N1CCC(N)C1. The molecule has 1 unspecified atom stereocenters. The summed E-state index contributed by atoms with van der Waals surface area (Å²) < 4.78 is 0. The Morgan fingerprint density at radius 3 is 2.58 bits per heavy atom. The lowest BCUT2D eigenvalue weighted by molar-refractivity contribution is -0.146. The van der Waals surface area contributed by atoms with Crippen LogP contribution in [0.5, 0.6) is 0 Å². The highest BCUT2D eigenvalue weighted by Gasteiger charge is 2.32. The van der Waals surface area contributed by atoms with E-state index in [1.807, 2.05) is 0 Å². The van der Waals surface area contributed by atoms with Gasteiger partial charge in [0.05, 0.1) is 0 Å². The van der Waals surface area contributed by atoms with Crippen molar-refractivity contribution in [3.63, 3.8) is 0 Å². The average Bonchev–Trinajstić information content (AvgIpc) is 2.32. The molecule has 0 bridgehead atoms. The third-order valence-electron chi connectivity index (χ3n) is 2.04. The molecule has 0 saturated carbocycles. The molecule has 3 N–H and O–H groups in total. The minimum atomic E-state index is -1.26. The Balaban J connectivity index is 2.55. The van der Waals surface area contributed by atoms with Gasteiger partial charge < -0.3 is 15.7 Å². The minimum absolute atomic E-state index is 0.0799. The molecule has 0 aromatic heterocycles. The number of carbonyl (C=O) groups excluding carboxylic acids is 1. The number of nitrogens with two attached hydrogens (primary N) is 1. The van der Waals surface area contributed by atoms with Crippen LogP contribution < -0.4 is 5.73 Å². The number of carbonyl (C=O) groups is 1. The van der Waals surface area contributed by atoms with E-state index in [0.717, 1.165) is 6.42 Å². The lowest BCUT2D eigenvalue weighted by Crippen LogP contribution is -2.44. The fourth-order valence-electron chi connectivity index (χ4n) is 1.36. The molecule has 12 heavy (non-hydrogen) atoms. The van der Waals surface area contributed by atoms with Gasteiger partial charge in [-0.1, -0.05) is 0 Å². The van der Waals surface area contributed by atoms with Crippen LogP contribution in [0.25, 0.3) is 0 Å². The van der Waals surface area contributed by atoms with Gasteiger partial charge in [-0.25, -0.2) is 0 Å². The van der Waals surface area contributed by atoms with Crippen LogP contribution >= 0.6 is 0 Å².